The van der Waals surface area contributed by atoms with Gasteiger partial charge in [-0.3, -0.25) is 19.8 Å². The topological polar surface area (TPSA) is 150 Å². The molecule has 2 aromatic heterocycles. The molecule has 3 aromatic carbocycles. The highest BCUT2D eigenvalue weighted by Crippen LogP contribution is 2.39. The molecule has 5 aromatic rings. The van der Waals surface area contributed by atoms with E-state index in [1.165, 1.54) is 51.3 Å². The van der Waals surface area contributed by atoms with Crippen LogP contribution < -0.4 is 34.9 Å². The van der Waals surface area contributed by atoms with Crippen LogP contribution in [0.25, 0.3) is 16.6 Å². The molecule has 1 aliphatic rings. The first kappa shape index (κ1) is 37.2. The molecule has 278 valence electrons. The molecule has 1 aliphatic heterocycles. The number of aliphatic imine (C=N–C) groups is 1. The zero-order chi connectivity index (χ0) is 37.6. The second kappa shape index (κ2) is 16.4. The molecule has 0 amide bonds. The number of nitrogens with one attached hydrogen (secondary N) is 1. The SMILES string of the molecule is COc1cc(-n2c(O)c(C=Nc3ccc(Oc4ccnc5cc(OCCCN6CCC(C)CC6)c(OC)cc45)c(F)c3)c(=O)[nH]c2=O)c(OC)cc1Cl. The molecule has 15 heteroatoms. The Hall–Kier alpha value is -5.60. The van der Waals surface area contributed by atoms with Gasteiger partial charge in [0.25, 0.3) is 5.56 Å². The van der Waals surface area contributed by atoms with Crippen LogP contribution in [0.1, 0.15) is 31.7 Å². The first-order valence-electron chi connectivity index (χ1n) is 16.9. The van der Waals surface area contributed by atoms with Crippen molar-refractivity contribution in [3.63, 3.8) is 0 Å². The molecule has 53 heavy (non-hydrogen) atoms. The summed E-state index contributed by atoms with van der Waals surface area (Å²) in [5.74, 6) is 0.880. The lowest BCUT2D eigenvalue weighted by molar-refractivity contribution is 0.176. The molecular formula is C38H39ClFN5O8. The Morgan fingerprint density at radius 2 is 1.72 bits per heavy atom. The first-order chi connectivity index (χ1) is 25.6. The van der Waals surface area contributed by atoms with E-state index in [0.29, 0.717) is 34.8 Å². The van der Waals surface area contributed by atoms with Crippen LogP contribution in [0.3, 0.4) is 0 Å². The van der Waals surface area contributed by atoms with Gasteiger partial charge in [-0.2, -0.15) is 0 Å². The van der Waals surface area contributed by atoms with Gasteiger partial charge in [-0.05, 0) is 62.5 Å². The van der Waals surface area contributed by atoms with Gasteiger partial charge in [-0.15, -0.1) is 0 Å². The molecule has 1 fully saturated rings. The van der Waals surface area contributed by atoms with E-state index in [2.05, 4.69) is 26.8 Å². The van der Waals surface area contributed by atoms with E-state index in [1.807, 2.05) is 0 Å². The van der Waals surface area contributed by atoms with Crippen LogP contribution in [0.15, 0.2) is 69.3 Å². The van der Waals surface area contributed by atoms with Crippen molar-refractivity contribution in [1.82, 2.24) is 19.4 Å². The number of rotatable bonds is 13. The summed E-state index contributed by atoms with van der Waals surface area (Å²) in [5.41, 5.74) is -1.55. The lowest BCUT2D eigenvalue weighted by Gasteiger charge is -2.30. The summed E-state index contributed by atoms with van der Waals surface area (Å²) in [6, 6.07) is 11.8. The maximum Gasteiger partial charge on any atom is 0.335 e. The number of likely N-dealkylation sites (tertiary alicyclic amines) is 1. The van der Waals surface area contributed by atoms with Gasteiger partial charge in [0.05, 0.1) is 49.9 Å². The van der Waals surface area contributed by atoms with Gasteiger partial charge in [-0.1, -0.05) is 18.5 Å². The van der Waals surface area contributed by atoms with E-state index < -0.39 is 22.9 Å². The van der Waals surface area contributed by atoms with Crippen LogP contribution in [0.2, 0.25) is 5.02 Å². The number of fused-ring (bicyclic) bond motifs is 1. The molecule has 6 rings (SSSR count). The van der Waals surface area contributed by atoms with Gasteiger partial charge in [0.15, 0.2) is 23.1 Å². The minimum Gasteiger partial charge on any atom is -0.495 e. The van der Waals surface area contributed by atoms with Crippen molar-refractivity contribution in [3.8, 4) is 46.1 Å². The summed E-state index contributed by atoms with van der Waals surface area (Å²) >= 11 is 6.19. The number of methoxy groups -OCH3 is 3. The van der Waals surface area contributed by atoms with Crippen LogP contribution in [-0.4, -0.2) is 78.3 Å². The zero-order valence-electron chi connectivity index (χ0n) is 29.7. The Kier molecular flexibility index (Phi) is 11.5. The predicted molar refractivity (Wildman–Crippen MR) is 199 cm³/mol. The Balaban J connectivity index is 1.20. The fourth-order valence-corrected chi connectivity index (χ4v) is 6.28. The van der Waals surface area contributed by atoms with Gasteiger partial charge in [0.2, 0.25) is 5.88 Å². The van der Waals surface area contributed by atoms with E-state index in [-0.39, 0.29) is 39.2 Å². The highest BCUT2D eigenvalue weighted by Gasteiger charge is 2.21. The maximum absolute atomic E-state index is 15.4. The van der Waals surface area contributed by atoms with Crippen LogP contribution in [0.4, 0.5) is 10.1 Å². The molecule has 0 saturated carbocycles. The van der Waals surface area contributed by atoms with Crippen LogP contribution in [0, 0.1) is 11.7 Å². The third-order valence-corrected chi connectivity index (χ3v) is 9.33. The van der Waals surface area contributed by atoms with E-state index in [4.69, 9.17) is 35.3 Å². The van der Waals surface area contributed by atoms with Gasteiger partial charge in [0.1, 0.15) is 22.8 Å². The number of aromatic hydroxyl groups is 1. The molecule has 0 atom stereocenters. The summed E-state index contributed by atoms with van der Waals surface area (Å²) in [4.78, 5) is 38.8. The summed E-state index contributed by atoms with van der Waals surface area (Å²) in [7, 11) is 4.27. The Labute approximate surface area is 309 Å². The first-order valence-corrected chi connectivity index (χ1v) is 17.3. The van der Waals surface area contributed by atoms with Crippen molar-refractivity contribution in [1.29, 1.82) is 0 Å². The van der Waals surface area contributed by atoms with Gasteiger partial charge in [-0.25, -0.2) is 13.8 Å². The lowest BCUT2D eigenvalue weighted by atomic mass is 9.99. The average molecular weight is 748 g/mol. The number of benzene rings is 3. The number of aromatic nitrogens is 3. The number of hydrogen-bond donors (Lipinski definition) is 2. The number of aromatic amines is 1. The minimum atomic E-state index is -0.956. The standard InChI is InChI=1S/C38H39ClFN5O8/c1-22-9-13-44(14-10-22)12-5-15-52-35-19-28-24(17-34(35)51-4)30(8-11-41-28)53-31-7-6-23(16-27(31)40)42-21-25-36(46)43-38(48)45(37(25)47)29-20-32(49-2)26(39)18-33(29)50-3/h6-8,11,16-22,47H,5,9-10,12-15H2,1-4H3,(H,43,46,48). The largest absolute Gasteiger partial charge is 0.495 e. The molecule has 0 spiro atoms. The molecule has 3 heterocycles. The van der Waals surface area contributed by atoms with E-state index in [9.17, 15) is 14.7 Å². The van der Waals surface area contributed by atoms with E-state index in [1.54, 1.807) is 31.5 Å². The second-order valence-corrected chi connectivity index (χ2v) is 12.9. The van der Waals surface area contributed by atoms with Gasteiger partial charge in [0, 0.05) is 48.6 Å². The summed E-state index contributed by atoms with van der Waals surface area (Å²) in [5, 5.41) is 11.8. The van der Waals surface area contributed by atoms with E-state index >= 15 is 4.39 Å². The molecule has 2 N–H and O–H groups in total. The fraction of sp³-hybridized carbons (Fsp3) is 0.316. The van der Waals surface area contributed by atoms with E-state index in [0.717, 1.165) is 48.8 Å². The van der Waals surface area contributed by atoms with Crippen molar-refractivity contribution in [2.75, 3.05) is 47.6 Å². The second-order valence-electron chi connectivity index (χ2n) is 12.5. The zero-order valence-corrected chi connectivity index (χ0v) is 30.4. The number of H-pyrrole nitrogens is 1. The van der Waals surface area contributed by atoms with Crippen molar-refractivity contribution >= 4 is 34.4 Å². The van der Waals surface area contributed by atoms with Gasteiger partial charge >= 0.3 is 5.69 Å². The molecule has 1 saturated heterocycles. The lowest BCUT2D eigenvalue weighted by Crippen LogP contribution is -2.34. The number of piperidine rings is 1. The van der Waals surface area contributed by atoms with Gasteiger partial charge < -0.3 is 33.7 Å². The number of nitrogens with zero attached hydrogens (tertiary/aromatic N) is 4. The van der Waals surface area contributed by atoms with Crippen LogP contribution in [0.5, 0.6) is 40.4 Å². The summed E-state index contributed by atoms with van der Waals surface area (Å²) < 4.78 is 44.5. The minimum absolute atomic E-state index is 0.0395. The molecule has 0 bridgehead atoms. The normalized spacial score (nSPS) is 13.8. The number of halogens is 2. The van der Waals surface area contributed by atoms with Crippen molar-refractivity contribution in [2.45, 2.75) is 26.2 Å². The monoisotopic (exact) mass is 747 g/mol. The maximum atomic E-state index is 15.4. The predicted octanol–water partition coefficient (Wildman–Crippen LogP) is 6.64. The summed E-state index contributed by atoms with van der Waals surface area (Å²) in [6.07, 6.45) is 5.90. The Bertz CT molecular complexity index is 2270. The molecule has 0 radical (unpaired) electrons. The van der Waals surface area contributed by atoms with Crippen LogP contribution >= 0.6 is 11.6 Å². The number of hydrogen-bond acceptors (Lipinski definition) is 11. The van der Waals surface area contributed by atoms with Crippen molar-refractivity contribution < 1.29 is 33.2 Å². The fourth-order valence-electron chi connectivity index (χ4n) is 6.05. The molecular weight excluding hydrogens is 709 g/mol. The number of ether oxygens (including phenoxy) is 5. The molecule has 0 unspecified atom stereocenters. The Morgan fingerprint density at radius 1 is 0.962 bits per heavy atom. The quantitative estimate of drug-likeness (QED) is 0.0992. The third-order valence-electron chi connectivity index (χ3n) is 9.03. The van der Waals surface area contributed by atoms with Crippen LogP contribution in [-0.2, 0) is 0 Å². The summed E-state index contributed by atoms with van der Waals surface area (Å²) in [6.45, 7) is 6.03. The Morgan fingerprint density at radius 3 is 2.43 bits per heavy atom. The van der Waals surface area contributed by atoms with Crippen molar-refractivity contribution in [2.24, 2.45) is 10.9 Å². The smallest absolute Gasteiger partial charge is 0.335 e. The highest BCUT2D eigenvalue weighted by atomic mass is 35.5. The average Bonchev–Trinajstić information content (AvgIpc) is 3.15. The highest BCUT2D eigenvalue weighted by molar-refractivity contribution is 6.32. The number of pyridine rings is 1. The molecule has 0 aliphatic carbocycles. The molecule has 13 nitrogen and oxygen atoms in total. The third kappa shape index (κ3) is 8.23. The van der Waals surface area contributed by atoms with Crippen molar-refractivity contribution in [3.05, 3.63) is 92.0 Å².